The standard InChI is InChI=1S/C17H25NO2/c1-12(2)17(19)18-15-8-4-6-13(10-15)14-7-5-9-16(11-14)20-3/h5,7,9,11-13,15H,4,6,8,10H2,1-3H3,(H,18,19)/t13-,15+/m1/s1. The highest BCUT2D eigenvalue weighted by Gasteiger charge is 2.25. The largest absolute Gasteiger partial charge is 0.497 e. The van der Waals surface area contributed by atoms with Crippen molar-refractivity contribution in [3.05, 3.63) is 29.8 Å². The molecule has 1 aliphatic rings. The van der Waals surface area contributed by atoms with Crippen LogP contribution in [0.15, 0.2) is 24.3 Å². The molecule has 1 amide bonds. The van der Waals surface area contributed by atoms with Crippen molar-refractivity contribution in [2.75, 3.05) is 7.11 Å². The third-order valence-electron chi connectivity index (χ3n) is 4.11. The second kappa shape index (κ2) is 6.78. The Labute approximate surface area is 121 Å². The summed E-state index contributed by atoms with van der Waals surface area (Å²) in [6.45, 7) is 3.88. The van der Waals surface area contributed by atoms with Crippen molar-refractivity contribution >= 4 is 5.91 Å². The minimum Gasteiger partial charge on any atom is -0.497 e. The zero-order valence-corrected chi connectivity index (χ0v) is 12.7. The highest BCUT2D eigenvalue weighted by Crippen LogP contribution is 2.34. The lowest BCUT2D eigenvalue weighted by Gasteiger charge is -2.30. The van der Waals surface area contributed by atoms with Crippen LogP contribution >= 0.6 is 0 Å². The van der Waals surface area contributed by atoms with Crippen molar-refractivity contribution in [1.29, 1.82) is 0 Å². The quantitative estimate of drug-likeness (QED) is 0.913. The van der Waals surface area contributed by atoms with Gasteiger partial charge in [-0.05, 0) is 42.9 Å². The minimum absolute atomic E-state index is 0.0622. The molecule has 0 aliphatic heterocycles. The van der Waals surface area contributed by atoms with E-state index in [9.17, 15) is 4.79 Å². The SMILES string of the molecule is COc1cccc([C@@H]2CCC[C@H](NC(=O)C(C)C)C2)c1. The summed E-state index contributed by atoms with van der Waals surface area (Å²) >= 11 is 0. The fourth-order valence-electron chi connectivity index (χ4n) is 2.89. The maximum absolute atomic E-state index is 11.8. The molecule has 110 valence electrons. The Morgan fingerprint density at radius 1 is 1.35 bits per heavy atom. The number of ether oxygens (including phenoxy) is 1. The van der Waals surface area contributed by atoms with Crippen molar-refractivity contribution in [2.45, 2.75) is 51.5 Å². The van der Waals surface area contributed by atoms with E-state index in [-0.39, 0.29) is 11.8 Å². The van der Waals surface area contributed by atoms with Crippen molar-refractivity contribution in [1.82, 2.24) is 5.32 Å². The zero-order valence-electron chi connectivity index (χ0n) is 12.7. The number of benzene rings is 1. The van der Waals surface area contributed by atoms with E-state index in [1.807, 2.05) is 26.0 Å². The Morgan fingerprint density at radius 3 is 2.85 bits per heavy atom. The third-order valence-corrected chi connectivity index (χ3v) is 4.11. The fourth-order valence-corrected chi connectivity index (χ4v) is 2.89. The molecule has 0 spiro atoms. The van der Waals surface area contributed by atoms with Crippen LogP contribution in [0.3, 0.4) is 0 Å². The molecule has 3 nitrogen and oxygen atoms in total. The molecule has 0 unspecified atom stereocenters. The highest BCUT2D eigenvalue weighted by molar-refractivity contribution is 5.78. The molecule has 0 heterocycles. The first-order chi connectivity index (χ1) is 9.60. The van der Waals surface area contributed by atoms with Gasteiger partial charge in [-0.1, -0.05) is 32.4 Å². The van der Waals surface area contributed by atoms with Crippen LogP contribution in [-0.2, 0) is 4.79 Å². The number of rotatable bonds is 4. The lowest BCUT2D eigenvalue weighted by Crippen LogP contribution is -2.40. The molecular weight excluding hydrogens is 250 g/mol. The molecular formula is C17H25NO2. The predicted octanol–water partition coefficient (Wildman–Crippen LogP) is 3.49. The normalized spacial score (nSPS) is 22.6. The first kappa shape index (κ1) is 14.9. The first-order valence-corrected chi connectivity index (χ1v) is 7.54. The van der Waals surface area contributed by atoms with E-state index in [0.717, 1.165) is 18.6 Å². The number of amides is 1. The van der Waals surface area contributed by atoms with Gasteiger partial charge in [-0.25, -0.2) is 0 Å². The monoisotopic (exact) mass is 275 g/mol. The van der Waals surface area contributed by atoms with Gasteiger partial charge in [0, 0.05) is 12.0 Å². The fraction of sp³-hybridized carbons (Fsp3) is 0.588. The lowest BCUT2D eigenvalue weighted by molar-refractivity contribution is -0.124. The third kappa shape index (κ3) is 3.75. The van der Waals surface area contributed by atoms with Gasteiger partial charge in [-0.15, -0.1) is 0 Å². The van der Waals surface area contributed by atoms with Crippen molar-refractivity contribution in [3.8, 4) is 5.75 Å². The van der Waals surface area contributed by atoms with Crippen LogP contribution in [0.5, 0.6) is 5.75 Å². The number of methoxy groups -OCH3 is 1. The Morgan fingerprint density at radius 2 is 2.15 bits per heavy atom. The van der Waals surface area contributed by atoms with E-state index in [1.165, 1.54) is 18.4 Å². The van der Waals surface area contributed by atoms with Crippen LogP contribution in [0.2, 0.25) is 0 Å². The molecule has 1 aliphatic carbocycles. The van der Waals surface area contributed by atoms with Gasteiger partial charge in [0.25, 0.3) is 0 Å². The van der Waals surface area contributed by atoms with Crippen LogP contribution in [-0.4, -0.2) is 19.1 Å². The molecule has 1 fully saturated rings. The summed E-state index contributed by atoms with van der Waals surface area (Å²) in [7, 11) is 1.70. The van der Waals surface area contributed by atoms with Crippen LogP contribution in [0, 0.1) is 5.92 Å². The number of nitrogens with one attached hydrogen (secondary N) is 1. The van der Waals surface area contributed by atoms with Gasteiger partial charge < -0.3 is 10.1 Å². The smallest absolute Gasteiger partial charge is 0.222 e. The molecule has 0 saturated heterocycles. The number of carbonyl (C=O) groups is 1. The van der Waals surface area contributed by atoms with Gasteiger partial charge in [0.15, 0.2) is 0 Å². The Balaban J connectivity index is 2.00. The van der Waals surface area contributed by atoms with Gasteiger partial charge in [-0.2, -0.15) is 0 Å². The van der Waals surface area contributed by atoms with Crippen LogP contribution in [0.25, 0.3) is 0 Å². The number of carbonyl (C=O) groups excluding carboxylic acids is 1. The van der Waals surface area contributed by atoms with Gasteiger partial charge >= 0.3 is 0 Å². The summed E-state index contributed by atoms with van der Waals surface area (Å²) in [5, 5.41) is 3.18. The molecule has 3 heteroatoms. The van der Waals surface area contributed by atoms with Crippen molar-refractivity contribution in [2.24, 2.45) is 5.92 Å². The summed E-state index contributed by atoms with van der Waals surface area (Å²) in [6.07, 6.45) is 4.50. The summed E-state index contributed by atoms with van der Waals surface area (Å²) in [5.74, 6) is 1.67. The van der Waals surface area contributed by atoms with E-state index in [2.05, 4.69) is 17.4 Å². The molecule has 1 N–H and O–H groups in total. The molecule has 1 saturated carbocycles. The maximum Gasteiger partial charge on any atom is 0.222 e. The van der Waals surface area contributed by atoms with Crippen LogP contribution in [0.1, 0.15) is 51.0 Å². The van der Waals surface area contributed by atoms with Gasteiger partial charge in [0.1, 0.15) is 5.75 Å². The van der Waals surface area contributed by atoms with E-state index >= 15 is 0 Å². The minimum atomic E-state index is 0.0622. The molecule has 20 heavy (non-hydrogen) atoms. The topological polar surface area (TPSA) is 38.3 Å². The van der Waals surface area contributed by atoms with Crippen LogP contribution in [0.4, 0.5) is 0 Å². The Kier molecular flexibility index (Phi) is 5.05. The first-order valence-electron chi connectivity index (χ1n) is 7.54. The second-order valence-electron chi connectivity index (χ2n) is 6.00. The Bertz CT molecular complexity index is 456. The van der Waals surface area contributed by atoms with Gasteiger partial charge in [0.2, 0.25) is 5.91 Å². The molecule has 2 atom stereocenters. The summed E-state index contributed by atoms with van der Waals surface area (Å²) < 4.78 is 5.30. The second-order valence-corrected chi connectivity index (χ2v) is 6.00. The lowest BCUT2D eigenvalue weighted by atomic mass is 9.81. The molecule has 0 bridgehead atoms. The zero-order chi connectivity index (χ0) is 14.5. The molecule has 1 aromatic rings. The molecule has 0 radical (unpaired) electrons. The van der Waals surface area contributed by atoms with Crippen molar-refractivity contribution < 1.29 is 9.53 Å². The van der Waals surface area contributed by atoms with E-state index in [4.69, 9.17) is 4.74 Å². The average molecular weight is 275 g/mol. The summed E-state index contributed by atoms with van der Waals surface area (Å²) in [4.78, 5) is 11.8. The summed E-state index contributed by atoms with van der Waals surface area (Å²) in [6, 6.07) is 8.63. The molecule has 2 rings (SSSR count). The molecule has 0 aromatic heterocycles. The summed E-state index contributed by atoms with van der Waals surface area (Å²) in [5.41, 5.74) is 1.33. The van der Waals surface area contributed by atoms with Crippen LogP contribution < -0.4 is 10.1 Å². The number of hydrogen-bond acceptors (Lipinski definition) is 2. The maximum atomic E-state index is 11.8. The Hall–Kier alpha value is -1.51. The van der Waals surface area contributed by atoms with E-state index in [1.54, 1.807) is 7.11 Å². The average Bonchev–Trinajstić information content (AvgIpc) is 2.47. The molecule has 1 aromatic carbocycles. The van der Waals surface area contributed by atoms with E-state index < -0.39 is 0 Å². The predicted molar refractivity (Wildman–Crippen MR) is 81.0 cm³/mol. The number of hydrogen-bond donors (Lipinski definition) is 1. The van der Waals surface area contributed by atoms with Crippen molar-refractivity contribution in [3.63, 3.8) is 0 Å². The van der Waals surface area contributed by atoms with E-state index in [0.29, 0.717) is 12.0 Å². The van der Waals surface area contributed by atoms with Gasteiger partial charge in [-0.3, -0.25) is 4.79 Å². The highest BCUT2D eigenvalue weighted by atomic mass is 16.5. The van der Waals surface area contributed by atoms with Gasteiger partial charge in [0.05, 0.1) is 7.11 Å².